The van der Waals surface area contributed by atoms with E-state index >= 15 is 0 Å². The van der Waals surface area contributed by atoms with Crippen LogP contribution in [0.5, 0.6) is 0 Å². The maximum Gasteiger partial charge on any atom is 0.229 e. The molecule has 0 spiro atoms. The summed E-state index contributed by atoms with van der Waals surface area (Å²) < 4.78 is 7.21. The molecule has 0 aliphatic rings. The summed E-state index contributed by atoms with van der Waals surface area (Å²) in [7, 11) is 0. The Morgan fingerprint density at radius 2 is 2.20 bits per heavy atom. The van der Waals surface area contributed by atoms with E-state index in [2.05, 4.69) is 10.1 Å². The zero-order chi connectivity index (χ0) is 14.1. The first-order valence-corrected chi connectivity index (χ1v) is 6.54. The van der Waals surface area contributed by atoms with Crippen molar-refractivity contribution in [2.75, 3.05) is 0 Å². The molecule has 0 aliphatic heterocycles. The van der Waals surface area contributed by atoms with Crippen LogP contribution in [-0.4, -0.2) is 21.0 Å². The molecule has 2 heterocycles. The van der Waals surface area contributed by atoms with Crippen molar-refractivity contribution in [3.05, 3.63) is 47.7 Å². The molecule has 0 N–H and O–H groups in total. The molecule has 20 heavy (non-hydrogen) atoms. The second-order valence-electron chi connectivity index (χ2n) is 5.08. The third-order valence-electron chi connectivity index (χ3n) is 3.22. The van der Waals surface area contributed by atoms with E-state index in [9.17, 15) is 4.79 Å². The van der Waals surface area contributed by atoms with E-state index in [4.69, 9.17) is 4.52 Å². The fraction of sp³-hybridized carbons (Fsp3) is 0.267. The van der Waals surface area contributed by atoms with Crippen LogP contribution >= 0.6 is 0 Å². The molecule has 0 saturated carbocycles. The van der Waals surface area contributed by atoms with E-state index < -0.39 is 0 Å². The van der Waals surface area contributed by atoms with Gasteiger partial charge in [-0.05, 0) is 17.5 Å². The summed E-state index contributed by atoms with van der Waals surface area (Å²) in [6.07, 6.45) is 2.81. The predicted molar refractivity (Wildman–Crippen MR) is 74.8 cm³/mol. The van der Waals surface area contributed by atoms with E-state index in [0.29, 0.717) is 23.8 Å². The van der Waals surface area contributed by atoms with Gasteiger partial charge in [-0.3, -0.25) is 4.79 Å². The number of benzene rings is 1. The Kier molecular flexibility index (Phi) is 3.10. The van der Waals surface area contributed by atoms with Crippen LogP contribution in [0.4, 0.5) is 0 Å². The minimum Gasteiger partial charge on any atom is -0.340 e. The van der Waals surface area contributed by atoms with Crippen molar-refractivity contribution in [2.24, 2.45) is 0 Å². The van der Waals surface area contributed by atoms with Crippen LogP contribution in [0, 0.1) is 0 Å². The second-order valence-corrected chi connectivity index (χ2v) is 5.08. The molecule has 102 valence electrons. The van der Waals surface area contributed by atoms with Gasteiger partial charge < -0.3 is 9.09 Å². The van der Waals surface area contributed by atoms with Crippen LogP contribution in [0.2, 0.25) is 0 Å². The van der Waals surface area contributed by atoms with Gasteiger partial charge in [0.15, 0.2) is 5.82 Å². The van der Waals surface area contributed by atoms with Crippen LogP contribution in [0.1, 0.15) is 41.8 Å². The first-order valence-electron chi connectivity index (χ1n) is 6.54. The summed E-state index contributed by atoms with van der Waals surface area (Å²) in [6, 6.07) is 7.62. The number of rotatable bonds is 4. The van der Waals surface area contributed by atoms with Crippen LogP contribution < -0.4 is 0 Å². The molecule has 3 rings (SSSR count). The lowest BCUT2D eigenvalue weighted by molar-refractivity contribution is 0.112. The van der Waals surface area contributed by atoms with Gasteiger partial charge in [0.1, 0.15) is 6.29 Å². The van der Waals surface area contributed by atoms with E-state index in [-0.39, 0.29) is 5.92 Å². The van der Waals surface area contributed by atoms with Gasteiger partial charge in [0.05, 0.1) is 6.54 Å². The SMILES string of the molecule is CC(C)c1nc(Cn2ccc3ccc(C=O)cc32)no1. The summed E-state index contributed by atoms with van der Waals surface area (Å²) in [5, 5.41) is 5.07. The monoisotopic (exact) mass is 269 g/mol. The maximum atomic E-state index is 10.9. The lowest BCUT2D eigenvalue weighted by Gasteiger charge is -2.02. The smallest absolute Gasteiger partial charge is 0.229 e. The number of carbonyl (C=O) groups excluding carboxylic acids is 1. The highest BCUT2D eigenvalue weighted by Gasteiger charge is 2.11. The highest BCUT2D eigenvalue weighted by molar-refractivity contribution is 5.87. The minimum absolute atomic E-state index is 0.222. The van der Waals surface area contributed by atoms with Crippen molar-refractivity contribution in [1.29, 1.82) is 0 Å². The quantitative estimate of drug-likeness (QED) is 0.683. The summed E-state index contributed by atoms with van der Waals surface area (Å²) in [6.45, 7) is 4.56. The number of fused-ring (bicyclic) bond motifs is 1. The molecular formula is C15H15N3O2. The largest absolute Gasteiger partial charge is 0.340 e. The van der Waals surface area contributed by atoms with Crippen LogP contribution in [-0.2, 0) is 6.54 Å². The minimum atomic E-state index is 0.222. The summed E-state index contributed by atoms with van der Waals surface area (Å²) in [5.41, 5.74) is 1.65. The van der Waals surface area contributed by atoms with E-state index in [1.165, 1.54) is 0 Å². The lowest BCUT2D eigenvalue weighted by Crippen LogP contribution is -2.00. The zero-order valence-electron chi connectivity index (χ0n) is 11.4. The van der Waals surface area contributed by atoms with Gasteiger partial charge in [-0.2, -0.15) is 4.98 Å². The van der Waals surface area contributed by atoms with Gasteiger partial charge in [0.2, 0.25) is 5.89 Å². The normalized spacial score (nSPS) is 11.3. The molecule has 0 unspecified atom stereocenters. The zero-order valence-corrected chi connectivity index (χ0v) is 11.4. The van der Waals surface area contributed by atoms with Crippen molar-refractivity contribution in [3.63, 3.8) is 0 Å². The maximum absolute atomic E-state index is 10.9. The molecule has 0 bridgehead atoms. The van der Waals surface area contributed by atoms with Crippen LogP contribution in [0.3, 0.4) is 0 Å². The fourth-order valence-electron chi connectivity index (χ4n) is 2.13. The third-order valence-corrected chi connectivity index (χ3v) is 3.22. The van der Waals surface area contributed by atoms with Gasteiger partial charge in [0.25, 0.3) is 0 Å². The number of hydrogen-bond acceptors (Lipinski definition) is 4. The van der Waals surface area contributed by atoms with Gasteiger partial charge in [-0.1, -0.05) is 31.1 Å². The molecular weight excluding hydrogens is 254 g/mol. The molecule has 0 saturated heterocycles. The third kappa shape index (κ3) is 2.22. The first-order chi connectivity index (χ1) is 9.67. The van der Waals surface area contributed by atoms with E-state index in [0.717, 1.165) is 17.2 Å². The summed E-state index contributed by atoms with van der Waals surface area (Å²) >= 11 is 0. The highest BCUT2D eigenvalue weighted by atomic mass is 16.5. The van der Waals surface area contributed by atoms with Crippen LogP contribution in [0.25, 0.3) is 10.9 Å². The van der Waals surface area contributed by atoms with Crippen molar-refractivity contribution in [1.82, 2.24) is 14.7 Å². The van der Waals surface area contributed by atoms with E-state index in [1.54, 1.807) is 0 Å². The molecule has 0 atom stereocenters. The molecule has 5 nitrogen and oxygen atoms in total. The Bertz CT molecular complexity index is 755. The first kappa shape index (κ1) is 12.6. The molecule has 1 aromatic carbocycles. The average Bonchev–Trinajstić information content (AvgIpc) is 3.06. The molecule has 0 aliphatic carbocycles. The summed E-state index contributed by atoms with van der Waals surface area (Å²) in [4.78, 5) is 15.2. The Labute approximate surface area is 116 Å². The average molecular weight is 269 g/mol. The number of hydrogen-bond donors (Lipinski definition) is 0. The van der Waals surface area contributed by atoms with Gasteiger partial charge in [-0.15, -0.1) is 0 Å². The van der Waals surface area contributed by atoms with Crippen molar-refractivity contribution >= 4 is 17.2 Å². The number of aromatic nitrogens is 3. The molecule has 3 aromatic rings. The Hall–Kier alpha value is -2.43. The molecule has 0 radical (unpaired) electrons. The Morgan fingerprint density at radius 3 is 2.90 bits per heavy atom. The topological polar surface area (TPSA) is 60.9 Å². The predicted octanol–water partition coefficient (Wildman–Crippen LogP) is 3.01. The number of nitrogens with zero attached hydrogens (tertiary/aromatic N) is 3. The van der Waals surface area contributed by atoms with Crippen LogP contribution in [0.15, 0.2) is 35.0 Å². The Morgan fingerprint density at radius 1 is 1.35 bits per heavy atom. The van der Waals surface area contributed by atoms with Gasteiger partial charge in [-0.25, -0.2) is 0 Å². The van der Waals surface area contributed by atoms with Crippen molar-refractivity contribution < 1.29 is 9.32 Å². The summed E-state index contributed by atoms with van der Waals surface area (Å²) in [5.74, 6) is 1.51. The molecule has 5 heteroatoms. The second kappa shape index (κ2) is 4.92. The number of aldehydes is 1. The van der Waals surface area contributed by atoms with Gasteiger partial charge >= 0.3 is 0 Å². The molecule has 0 amide bonds. The lowest BCUT2D eigenvalue weighted by atomic mass is 10.2. The van der Waals surface area contributed by atoms with Crippen molar-refractivity contribution in [2.45, 2.75) is 26.3 Å². The number of carbonyl (C=O) groups is 1. The van der Waals surface area contributed by atoms with E-state index in [1.807, 2.05) is 48.9 Å². The molecule has 0 fully saturated rings. The standard InChI is InChI=1S/C15H15N3O2/c1-10(2)15-16-14(17-20-15)8-18-6-5-12-4-3-11(9-19)7-13(12)18/h3-7,9-10H,8H2,1-2H3. The highest BCUT2D eigenvalue weighted by Crippen LogP contribution is 2.18. The fourth-order valence-corrected chi connectivity index (χ4v) is 2.13. The molecule has 2 aromatic heterocycles. The van der Waals surface area contributed by atoms with Crippen molar-refractivity contribution in [3.8, 4) is 0 Å². The van der Waals surface area contributed by atoms with Gasteiger partial charge in [0, 0.05) is 23.2 Å². The Balaban J connectivity index is 1.95.